The van der Waals surface area contributed by atoms with Crippen LogP contribution in [-0.4, -0.2) is 18.6 Å². The topological polar surface area (TPSA) is 34.1 Å². The van der Waals surface area contributed by atoms with Gasteiger partial charge < -0.3 is 10.1 Å². The Morgan fingerprint density at radius 1 is 1.25 bits per heavy atom. The van der Waals surface area contributed by atoms with E-state index in [1.54, 1.807) is 6.07 Å². The Balaban J connectivity index is 2.69. The number of rotatable bonds is 3. The summed E-state index contributed by atoms with van der Waals surface area (Å²) >= 11 is 0. The molecule has 0 amide bonds. The zero-order chi connectivity index (χ0) is 14.9. The molecule has 2 aromatic rings. The van der Waals surface area contributed by atoms with Crippen molar-refractivity contribution in [2.45, 2.75) is 33.1 Å². The van der Waals surface area contributed by atoms with Crippen molar-refractivity contribution in [3.05, 3.63) is 29.6 Å². The predicted octanol–water partition coefficient (Wildman–Crippen LogP) is 4.11. The zero-order valence-electron chi connectivity index (χ0n) is 12.7. The van der Waals surface area contributed by atoms with Crippen molar-refractivity contribution >= 4 is 16.7 Å². The highest BCUT2D eigenvalue weighted by atomic mass is 19.1. The molecule has 20 heavy (non-hydrogen) atoms. The Morgan fingerprint density at radius 3 is 2.50 bits per heavy atom. The minimum absolute atomic E-state index is 0.0420. The number of nitrogens with zero attached hydrogens (tertiary/aromatic N) is 1. The van der Waals surface area contributed by atoms with Gasteiger partial charge >= 0.3 is 0 Å². The first-order valence-corrected chi connectivity index (χ1v) is 6.82. The van der Waals surface area contributed by atoms with Crippen molar-refractivity contribution in [1.29, 1.82) is 0 Å². The van der Waals surface area contributed by atoms with E-state index in [4.69, 9.17) is 4.74 Å². The molecule has 1 heterocycles. The van der Waals surface area contributed by atoms with Crippen LogP contribution >= 0.6 is 0 Å². The van der Waals surface area contributed by atoms with Gasteiger partial charge in [0.15, 0.2) is 11.6 Å². The maximum Gasteiger partial charge on any atom is 0.167 e. The van der Waals surface area contributed by atoms with E-state index >= 15 is 0 Å². The van der Waals surface area contributed by atoms with Gasteiger partial charge in [-0.2, -0.15) is 0 Å². The van der Waals surface area contributed by atoms with Crippen LogP contribution in [-0.2, 0) is 5.41 Å². The van der Waals surface area contributed by atoms with Crippen molar-refractivity contribution in [2.24, 2.45) is 0 Å². The summed E-state index contributed by atoms with van der Waals surface area (Å²) in [7, 11) is 1.83. The Kier molecular flexibility index (Phi) is 3.84. The van der Waals surface area contributed by atoms with Gasteiger partial charge in [-0.1, -0.05) is 20.8 Å². The van der Waals surface area contributed by atoms with Crippen molar-refractivity contribution in [3.8, 4) is 5.75 Å². The average Bonchev–Trinajstić information content (AvgIpc) is 2.37. The fourth-order valence-corrected chi connectivity index (χ4v) is 2.20. The van der Waals surface area contributed by atoms with Gasteiger partial charge in [0, 0.05) is 24.1 Å². The molecule has 0 bridgehead atoms. The molecule has 0 aliphatic carbocycles. The molecular weight excluding hydrogens is 255 g/mol. The van der Waals surface area contributed by atoms with E-state index < -0.39 is 0 Å². The maximum atomic E-state index is 13.9. The summed E-state index contributed by atoms with van der Waals surface area (Å²) in [5.41, 5.74) is 1.68. The lowest BCUT2D eigenvalue weighted by Gasteiger charge is -2.22. The Labute approximate surface area is 119 Å². The summed E-state index contributed by atoms with van der Waals surface area (Å²) in [6.45, 7) is 8.67. The van der Waals surface area contributed by atoms with Crippen molar-refractivity contribution < 1.29 is 9.13 Å². The average molecular weight is 276 g/mol. The summed E-state index contributed by atoms with van der Waals surface area (Å²) < 4.78 is 19.2. The molecule has 2 rings (SSSR count). The lowest BCUT2D eigenvalue weighted by atomic mass is 9.86. The molecule has 1 aromatic carbocycles. The quantitative estimate of drug-likeness (QED) is 0.916. The van der Waals surface area contributed by atoms with Crippen LogP contribution in [0, 0.1) is 5.82 Å². The molecule has 0 radical (unpaired) electrons. The number of hydrogen-bond donors (Lipinski definition) is 1. The largest absolute Gasteiger partial charge is 0.491 e. The smallest absolute Gasteiger partial charge is 0.167 e. The Hall–Kier alpha value is -1.84. The van der Waals surface area contributed by atoms with Crippen LogP contribution in [0.15, 0.2) is 18.2 Å². The number of fused-ring (bicyclic) bond motifs is 1. The van der Waals surface area contributed by atoms with E-state index in [2.05, 4.69) is 37.1 Å². The van der Waals surface area contributed by atoms with Gasteiger partial charge in [0.2, 0.25) is 0 Å². The Morgan fingerprint density at radius 2 is 1.95 bits per heavy atom. The highest BCUT2D eigenvalue weighted by molar-refractivity contribution is 5.83. The standard InChI is InChI=1S/C16H21FN2O/c1-6-20-14-8-10-7-11(16(2,3)4)15(18-5)19-13(10)9-12(14)17/h7-9H,6H2,1-5H3,(H,18,19). The molecule has 0 atom stereocenters. The number of anilines is 1. The van der Waals surface area contributed by atoms with Crippen LogP contribution in [0.25, 0.3) is 10.9 Å². The fourth-order valence-electron chi connectivity index (χ4n) is 2.20. The third kappa shape index (κ3) is 2.69. The number of nitrogens with one attached hydrogen (secondary N) is 1. The second-order valence-corrected chi connectivity index (χ2v) is 5.79. The van der Waals surface area contributed by atoms with Crippen molar-refractivity contribution in [2.75, 3.05) is 19.0 Å². The van der Waals surface area contributed by atoms with E-state index in [9.17, 15) is 4.39 Å². The SMILES string of the molecule is CCOc1cc2cc(C(C)(C)C)c(NC)nc2cc1F. The van der Waals surface area contributed by atoms with Crippen LogP contribution in [0.5, 0.6) is 5.75 Å². The van der Waals surface area contributed by atoms with E-state index in [1.807, 2.05) is 14.0 Å². The van der Waals surface area contributed by atoms with Gasteiger partial charge in [0.1, 0.15) is 5.82 Å². The molecular formula is C16H21FN2O. The Bertz CT molecular complexity index is 632. The monoisotopic (exact) mass is 276 g/mol. The molecule has 0 spiro atoms. The number of benzene rings is 1. The number of aromatic nitrogens is 1. The van der Waals surface area contributed by atoms with Gasteiger partial charge in [0.05, 0.1) is 12.1 Å². The molecule has 3 nitrogen and oxygen atoms in total. The molecule has 0 saturated heterocycles. The van der Waals surface area contributed by atoms with E-state index in [0.29, 0.717) is 12.1 Å². The molecule has 0 aliphatic heterocycles. The molecule has 1 aromatic heterocycles. The number of hydrogen-bond acceptors (Lipinski definition) is 3. The predicted molar refractivity (Wildman–Crippen MR) is 81.1 cm³/mol. The summed E-state index contributed by atoms with van der Waals surface area (Å²) in [6, 6.07) is 5.19. The lowest BCUT2D eigenvalue weighted by molar-refractivity contribution is 0.322. The second-order valence-electron chi connectivity index (χ2n) is 5.79. The zero-order valence-corrected chi connectivity index (χ0v) is 12.7. The first kappa shape index (κ1) is 14.6. The van der Waals surface area contributed by atoms with Gasteiger partial charge in [-0.15, -0.1) is 0 Å². The number of ether oxygens (including phenoxy) is 1. The van der Waals surface area contributed by atoms with Gasteiger partial charge in [-0.05, 0) is 24.5 Å². The maximum absolute atomic E-state index is 13.9. The van der Waals surface area contributed by atoms with Crippen LogP contribution in [0.1, 0.15) is 33.3 Å². The first-order valence-electron chi connectivity index (χ1n) is 6.82. The van der Waals surface area contributed by atoms with Crippen molar-refractivity contribution in [3.63, 3.8) is 0 Å². The van der Waals surface area contributed by atoms with Gasteiger partial charge in [0.25, 0.3) is 0 Å². The lowest BCUT2D eigenvalue weighted by Crippen LogP contribution is -2.15. The van der Waals surface area contributed by atoms with E-state index in [0.717, 1.165) is 16.8 Å². The fraction of sp³-hybridized carbons (Fsp3) is 0.438. The van der Waals surface area contributed by atoms with Gasteiger partial charge in [-0.25, -0.2) is 9.37 Å². The second kappa shape index (κ2) is 5.27. The van der Waals surface area contributed by atoms with Gasteiger partial charge in [-0.3, -0.25) is 0 Å². The summed E-state index contributed by atoms with van der Waals surface area (Å²) in [5, 5.41) is 3.98. The normalized spacial score (nSPS) is 11.7. The third-order valence-corrected chi connectivity index (χ3v) is 3.21. The van der Waals surface area contributed by atoms with E-state index in [1.165, 1.54) is 6.07 Å². The number of halogens is 1. The molecule has 0 saturated carbocycles. The minimum Gasteiger partial charge on any atom is -0.491 e. The molecule has 0 fully saturated rings. The van der Waals surface area contributed by atoms with Crippen LogP contribution < -0.4 is 10.1 Å². The molecule has 108 valence electrons. The van der Waals surface area contributed by atoms with Crippen molar-refractivity contribution in [1.82, 2.24) is 4.98 Å². The summed E-state index contributed by atoms with van der Waals surface area (Å²) in [6.07, 6.45) is 0. The number of pyridine rings is 1. The molecule has 1 N–H and O–H groups in total. The highest BCUT2D eigenvalue weighted by Gasteiger charge is 2.20. The summed E-state index contributed by atoms with van der Waals surface area (Å²) in [5.74, 6) is 0.685. The van der Waals surface area contributed by atoms with Crippen LogP contribution in [0.3, 0.4) is 0 Å². The highest BCUT2D eigenvalue weighted by Crippen LogP contribution is 2.33. The summed E-state index contributed by atoms with van der Waals surface area (Å²) in [4.78, 5) is 4.52. The van der Waals surface area contributed by atoms with Crippen LogP contribution in [0.4, 0.5) is 10.2 Å². The molecule has 0 aliphatic rings. The minimum atomic E-state index is -0.377. The molecule has 4 heteroatoms. The van der Waals surface area contributed by atoms with Crippen LogP contribution in [0.2, 0.25) is 0 Å². The molecule has 0 unspecified atom stereocenters. The van der Waals surface area contributed by atoms with E-state index in [-0.39, 0.29) is 17.0 Å². The first-order chi connectivity index (χ1) is 9.36. The third-order valence-electron chi connectivity index (χ3n) is 3.21.